The third-order valence-corrected chi connectivity index (χ3v) is 5.47. The molecule has 3 heterocycles. The summed E-state index contributed by atoms with van der Waals surface area (Å²) >= 11 is 0. The van der Waals surface area contributed by atoms with Crippen molar-refractivity contribution in [3.63, 3.8) is 0 Å². The van der Waals surface area contributed by atoms with Crippen LogP contribution in [-0.2, 0) is 5.60 Å². The number of carbonyl (C=O) groups excluding carboxylic acids is 1. The maximum Gasteiger partial charge on any atom is 0.275 e. The van der Waals surface area contributed by atoms with Gasteiger partial charge in [0, 0.05) is 18.5 Å². The number of likely N-dealkylation sites (tertiary alicyclic amines) is 1. The highest BCUT2D eigenvalue weighted by Crippen LogP contribution is 2.36. The Hall–Kier alpha value is -2.22. The van der Waals surface area contributed by atoms with E-state index in [2.05, 4.69) is 15.3 Å². The van der Waals surface area contributed by atoms with E-state index in [1.165, 1.54) is 12.7 Å². The second kappa shape index (κ2) is 6.50. The molecule has 1 amide bonds. The molecule has 4 rings (SSSR count). The molecule has 8 heteroatoms. The lowest BCUT2D eigenvalue weighted by molar-refractivity contribution is -0.0322. The minimum Gasteiger partial charge on any atom is -0.448 e. The molecular formula is C18H25N5O3. The Morgan fingerprint density at radius 3 is 2.85 bits per heavy atom. The van der Waals surface area contributed by atoms with E-state index in [-0.39, 0.29) is 18.5 Å². The topological polar surface area (TPSA) is 97.3 Å². The van der Waals surface area contributed by atoms with Crippen LogP contribution in [0.3, 0.4) is 0 Å². The largest absolute Gasteiger partial charge is 0.448 e. The van der Waals surface area contributed by atoms with Gasteiger partial charge in [0.25, 0.3) is 5.91 Å². The number of nitrogens with zero attached hydrogens (tertiary/aromatic N) is 5. The molecule has 2 aromatic heterocycles. The standard InChI is InChI=1S/C18H25N5O3/c1-12(2)23-9-15(20-21-23)18(25)7-4-8-22(11-18)17(24)14-10-26-16(19-14)13-5-3-6-13/h9-10,12-13,25H,3-8,11H2,1-2H3. The van der Waals surface area contributed by atoms with Crippen molar-refractivity contribution >= 4 is 5.91 Å². The first kappa shape index (κ1) is 17.2. The lowest BCUT2D eigenvalue weighted by Crippen LogP contribution is -2.48. The number of oxazole rings is 1. The molecule has 0 aromatic carbocycles. The first-order valence-electron chi connectivity index (χ1n) is 9.36. The summed E-state index contributed by atoms with van der Waals surface area (Å²) in [5.41, 5.74) is -0.345. The van der Waals surface area contributed by atoms with Crippen LogP contribution in [0, 0.1) is 0 Å². The molecule has 1 aliphatic heterocycles. The minimum atomic E-state index is -1.18. The summed E-state index contributed by atoms with van der Waals surface area (Å²) in [6.45, 7) is 4.78. The molecule has 140 valence electrons. The zero-order valence-corrected chi connectivity index (χ0v) is 15.3. The van der Waals surface area contributed by atoms with Crippen LogP contribution in [-0.4, -0.2) is 49.0 Å². The molecule has 1 unspecified atom stereocenters. The second-order valence-corrected chi connectivity index (χ2v) is 7.74. The maximum absolute atomic E-state index is 12.8. The van der Waals surface area contributed by atoms with E-state index in [1.807, 2.05) is 13.8 Å². The molecule has 2 fully saturated rings. The van der Waals surface area contributed by atoms with E-state index < -0.39 is 5.60 Å². The van der Waals surface area contributed by atoms with E-state index in [0.29, 0.717) is 42.6 Å². The molecule has 1 atom stereocenters. The summed E-state index contributed by atoms with van der Waals surface area (Å²) in [5.74, 6) is 0.807. The summed E-state index contributed by atoms with van der Waals surface area (Å²) in [7, 11) is 0. The summed E-state index contributed by atoms with van der Waals surface area (Å²) < 4.78 is 7.22. The van der Waals surface area contributed by atoms with Crippen molar-refractivity contribution in [2.75, 3.05) is 13.1 Å². The number of carbonyl (C=O) groups is 1. The number of rotatable bonds is 4. The summed E-state index contributed by atoms with van der Waals surface area (Å²) in [4.78, 5) is 18.8. The van der Waals surface area contributed by atoms with Gasteiger partial charge in [0.05, 0.1) is 12.7 Å². The van der Waals surface area contributed by atoms with Gasteiger partial charge in [-0.25, -0.2) is 9.67 Å². The van der Waals surface area contributed by atoms with Crippen LogP contribution in [0.15, 0.2) is 16.9 Å². The number of piperidine rings is 1. The molecule has 1 N–H and O–H groups in total. The zero-order valence-electron chi connectivity index (χ0n) is 15.3. The van der Waals surface area contributed by atoms with Gasteiger partial charge in [-0.15, -0.1) is 5.10 Å². The van der Waals surface area contributed by atoms with Crippen LogP contribution in [0.2, 0.25) is 0 Å². The van der Waals surface area contributed by atoms with Gasteiger partial charge in [0.15, 0.2) is 11.6 Å². The lowest BCUT2D eigenvalue weighted by atomic mass is 9.85. The highest BCUT2D eigenvalue weighted by molar-refractivity contribution is 5.92. The Bertz CT molecular complexity index is 794. The van der Waals surface area contributed by atoms with Crippen LogP contribution in [0.25, 0.3) is 0 Å². The molecule has 2 aromatic rings. The lowest BCUT2D eigenvalue weighted by Gasteiger charge is -2.37. The number of hydrogen-bond donors (Lipinski definition) is 1. The predicted octanol–water partition coefficient (Wildman–Crippen LogP) is 2.24. The molecule has 2 aliphatic rings. The van der Waals surface area contributed by atoms with Gasteiger partial charge in [-0.3, -0.25) is 4.79 Å². The first-order chi connectivity index (χ1) is 12.5. The number of hydrogen-bond acceptors (Lipinski definition) is 6. The van der Waals surface area contributed by atoms with Crippen LogP contribution >= 0.6 is 0 Å². The van der Waals surface area contributed by atoms with Crippen molar-refractivity contribution in [3.05, 3.63) is 29.7 Å². The van der Waals surface area contributed by atoms with Crippen molar-refractivity contribution in [1.29, 1.82) is 0 Å². The number of aliphatic hydroxyl groups is 1. The molecule has 8 nitrogen and oxygen atoms in total. The fraction of sp³-hybridized carbons (Fsp3) is 0.667. The fourth-order valence-electron chi connectivity index (χ4n) is 3.55. The Morgan fingerprint density at radius 2 is 2.19 bits per heavy atom. The summed E-state index contributed by atoms with van der Waals surface area (Å²) in [5, 5.41) is 19.3. The van der Waals surface area contributed by atoms with Crippen molar-refractivity contribution in [3.8, 4) is 0 Å². The summed E-state index contributed by atoms with van der Waals surface area (Å²) in [6, 6.07) is 0.168. The molecule has 1 aliphatic carbocycles. The SMILES string of the molecule is CC(C)n1cc(C2(O)CCCN(C(=O)c3coc(C4CCC4)n3)C2)nn1. The Balaban J connectivity index is 1.50. The van der Waals surface area contributed by atoms with Crippen LogP contribution in [0.5, 0.6) is 0 Å². The second-order valence-electron chi connectivity index (χ2n) is 7.74. The fourth-order valence-corrected chi connectivity index (χ4v) is 3.55. The maximum atomic E-state index is 12.8. The van der Waals surface area contributed by atoms with Gasteiger partial charge < -0.3 is 14.4 Å². The molecule has 0 radical (unpaired) electrons. The number of amides is 1. The predicted molar refractivity (Wildman–Crippen MR) is 92.5 cm³/mol. The van der Waals surface area contributed by atoms with Crippen molar-refractivity contribution in [2.24, 2.45) is 0 Å². The Labute approximate surface area is 152 Å². The Morgan fingerprint density at radius 1 is 1.38 bits per heavy atom. The van der Waals surface area contributed by atoms with Crippen molar-refractivity contribution < 1.29 is 14.3 Å². The highest BCUT2D eigenvalue weighted by Gasteiger charge is 2.40. The minimum absolute atomic E-state index is 0.168. The van der Waals surface area contributed by atoms with Gasteiger partial charge in [-0.1, -0.05) is 11.6 Å². The summed E-state index contributed by atoms with van der Waals surface area (Å²) in [6.07, 6.45) is 7.80. The monoisotopic (exact) mass is 359 g/mol. The van der Waals surface area contributed by atoms with E-state index >= 15 is 0 Å². The van der Waals surface area contributed by atoms with E-state index in [9.17, 15) is 9.90 Å². The molecule has 0 bridgehead atoms. The smallest absolute Gasteiger partial charge is 0.275 e. The van der Waals surface area contributed by atoms with Gasteiger partial charge >= 0.3 is 0 Å². The third kappa shape index (κ3) is 3.02. The Kier molecular flexibility index (Phi) is 4.30. The van der Waals surface area contributed by atoms with Gasteiger partial charge in [0.1, 0.15) is 17.6 Å². The molecule has 0 spiro atoms. The van der Waals surface area contributed by atoms with Crippen LogP contribution in [0.4, 0.5) is 0 Å². The van der Waals surface area contributed by atoms with Crippen LogP contribution < -0.4 is 0 Å². The quantitative estimate of drug-likeness (QED) is 0.899. The van der Waals surface area contributed by atoms with E-state index in [1.54, 1.807) is 15.8 Å². The van der Waals surface area contributed by atoms with Gasteiger partial charge in [-0.2, -0.15) is 0 Å². The highest BCUT2D eigenvalue weighted by atomic mass is 16.3. The van der Waals surface area contributed by atoms with Gasteiger partial charge in [0.2, 0.25) is 0 Å². The number of aromatic nitrogens is 4. The normalized spacial score (nSPS) is 24.1. The molecule has 26 heavy (non-hydrogen) atoms. The average molecular weight is 359 g/mol. The van der Waals surface area contributed by atoms with E-state index in [0.717, 1.165) is 12.8 Å². The van der Waals surface area contributed by atoms with Crippen LogP contribution in [0.1, 0.15) is 80.0 Å². The third-order valence-electron chi connectivity index (χ3n) is 5.47. The first-order valence-corrected chi connectivity index (χ1v) is 9.36. The van der Waals surface area contributed by atoms with Gasteiger partial charge in [-0.05, 0) is 39.5 Å². The zero-order chi connectivity index (χ0) is 18.3. The van der Waals surface area contributed by atoms with Crippen molar-refractivity contribution in [1.82, 2.24) is 24.9 Å². The van der Waals surface area contributed by atoms with E-state index in [4.69, 9.17) is 4.42 Å². The molecule has 1 saturated carbocycles. The molecular weight excluding hydrogens is 334 g/mol. The number of β-amino-alcohol motifs (C(OH)–C–C–N with tert-alkyl or cyclic N) is 1. The van der Waals surface area contributed by atoms with Crippen molar-refractivity contribution in [2.45, 2.75) is 63.5 Å². The average Bonchev–Trinajstić information content (AvgIpc) is 3.22. The molecule has 1 saturated heterocycles.